The molecule has 1 saturated carbocycles. The van der Waals surface area contributed by atoms with Crippen LogP contribution in [0.5, 0.6) is 5.75 Å². The van der Waals surface area contributed by atoms with Crippen LogP contribution in [0, 0.1) is 0 Å². The third-order valence-corrected chi connectivity index (χ3v) is 9.83. The molecule has 1 fully saturated rings. The SMILES string of the molecule is COc1ccc(S(=O)(=O)N(CC(=O)N(Cc2ccccc2Cl)[C@@H](C)C(=O)NC2CCCCC2)c2cccc(Cl)c2)cc1. The molecule has 8 nitrogen and oxygen atoms in total. The second-order valence-electron chi connectivity index (χ2n) is 10.3. The number of methoxy groups -OCH3 is 1. The molecule has 0 unspecified atom stereocenters. The van der Waals surface area contributed by atoms with Gasteiger partial charge in [0.15, 0.2) is 0 Å². The van der Waals surface area contributed by atoms with Gasteiger partial charge in [0.1, 0.15) is 18.3 Å². The van der Waals surface area contributed by atoms with E-state index in [9.17, 15) is 18.0 Å². The standard InChI is InChI=1S/C31H35Cl2N3O5S/c1-22(31(38)34-25-11-4-3-5-12-25)35(20-23-9-6-7-14-29(23)33)30(37)21-36(26-13-8-10-24(32)19-26)42(39,40)28-17-15-27(41-2)16-18-28/h6-10,13-19,22,25H,3-5,11-12,20-21H2,1-2H3,(H,34,38)/t22-/m0/s1. The molecule has 0 bridgehead atoms. The number of benzene rings is 3. The number of amides is 2. The van der Waals surface area contributed by atoms with Gasteiger partial charge >= 0.3 is 0 Å². The predicted octanol–water partition coefficient (Wildman–Crippen LogP) is 6.06. The van der Waals surface area contributed by atoms with E-state index in [0.29, 0.717) is 21.4 Å². The Bertz CT molecular complexity index is 1490. The molecule has 0 aromatic heterocycles. The molecule has 0 spiro atoms. The van der Waals surface area contributed by atoms with Crippen molar-refractivity contribution in [3.05, 3.63) is 88.4 Å². The number of halogens is 2. The Labute approximate surface area is 257 Å². The van der Waals surface area contributed by atoms with Crippen molar-refractivity contribution in [1.29, 1.82) is 0 Å². The van der Waals surface area contributed by atoms with Crippen molar-refractivity contribution < 1.29 is 22.7 Å². The van der Waals surface area contributed by atoms with Crippen molar-refractivity contribution in [3.63, 3.8) is 0 Å². The lowest BCUT2D eigenvalue weighted by atomic mass is 9.95. The average Bonchev–Trinajstić information content (AvgIpc) is 2.99. The minimum Gasteiger partial charge on any atom is -0.497 e. The van der Waals surface area contributed by atoms with E-state index in [-0.39, 0.29) is 29.1 Å². The number of ether oxygens (including phenoxy) is 1. The molecule has 2 amide bonds. The van der Waals surface area contributed by atoms with Gasteiger partial charge in [-0.1, -0.05) is 66.7 Å². The van der Waals surface area contributed by atoms with Crippen molar-refractivity contribution in [2.45, 2.75) is 62.6 Å². The Morgan fingerprint density at radius 1 is 0.976 bits per heavy atom. The molecule has 0 radical (unpaired) electrons. The molecule has 1 atom stereocenters. The van der Waals surface area contributed by atoms with E-state index in [1.165, 1.54) is 42.3 Å². The van der Waals surface area contributed by atoms with Crippen LogP contribution >= 0.6 is 23.2 Å². The lowest BCUT2D eigenvalue weighted by Gasteiger charge is -2.33. The molecule has 1 aliphatic carbocycles. The van der Waals surface area contributed by atoms with Crippen molar-refractivity contribution >= 4 is 50.7 Å². The first kappa shape index (κ1) is 31.7. The number of rotatable bonds is 11. The summed E-state index contributed by atoms with van der Waals surface area (Å²) in [5.74, 6) is -0.379. The normalized spacial score (nSPS) is 14.6. The maximum atomic E-state index is 14.1. The largest absolute Gasteiger partial charge is 0.497 e. The monoisotopic (exact) mass is 631 g/mol. The van der Waals surface area contributed by atoms with Gasteiger partial charge in [-0.25, -0.2) is 8.42 Å². The number of hydrogen-bond acceptors (Lipinski definition) is 5. The zero-order valence-corrected chi connectivity index (χ0v) is 26.0. The summed E-state index contributed by atoms with van der Waals surface area (Å²) in [6, 6.07) is 18.4. The Hall–Kier alpha value is -3.27. The van der Waals surface area contributed by atoms with Gasteiger partial charge in [-0.2, -0.15) is 0 Å². The number of nitrogens with zero attached hydrogens (tertiary/aromatic N) is 2. The molecule has 0 saturated heterocycles. The highest BCUT2D eigenvalue weighted by atomic mass is 35.5. The summed E-state index contributed by atoms with van der Waals surface area (Å²) in [5, 5.41) is 3.83. The van der Waals surface area contributed by atoms with E-state index in [1.54, 1.807) is 49.4 Å². The van der Waals surface area contributed by atoms with E-state index in [1.807, 2.05) is 0 Å². The van der Waals surface area contributed by atoms with Crippen molar-refractivity contribution in [3.8, 4) is 5.75 Å². The second kappa shape index (κ2) is 14.3. The zero-order chi connectivity index (χ0) is 30.3. The highest BCUT2D eigenvalue weighted by Crippen LogP contribution is 2.28. The summed E-state index contributed by atoms with van der Waals surface area (Å²) < 4.78 is 34.1. The van der Waals surface area contributed by atoms with E-state index < -0.39 is 28.5 Å². The first-order valence-electron chi connectivity index (χ1n) is 13.9. The molecule has 224 valence electrons. The molecule has 3 aromatic rings. The predicted molar refractivity (Wildman–Crippen MR) is 165 cm³/mol. The fourth-order valence-electron chi connectivity index (χ4n) is 5.00. The summed E-state index contributed by atoms with van der Waals surface area (Å²) in [7, 11) is -2.74. The Kier molecular flexibility index (Phi) is 10.8. The topological polar surface area (TPSA) is 96.0 Å². The molecule has 42 heavy (non-hydrogen) atoms. The van der Waals surface area contributed by atoms with Crippen molar-refractivity contribution in [2.75, 3.05) is 18.0 Å². The summed E-state index contributed by atoms with van der Waals surface area (Å²) in [5.41, 5.74) is 0.848. The zero-order valence-electron chi connectivity index (χ0n) is 23.6. The molecule has 4 rings (SSSR count). The molecule has 11 heteroatoms. The summed E-state index contributed by atoms with van der Waals surface area (Å²) in [6.07, 6.45) is 5.00. The van der Waals surface area contributed by atoms with Gasteiger partial charge in [0.2, 0.25) is 11.8 Å². The lowest BCUT2D eigenvalue weighted by molar-refractivity contribution is -0.139. The number of hydrogen-bond donors (Lipinski definition) is 1. The minimum absolute atomic E-state index is 0.0176. The lowest BCUT2D eigenvalue weighted by Crippen LogP contribution is -2.53. The van der Waals surface area contributed by atoms with E-state index in [4.69, 9.17) is 27.9 Å². The first-order valence-corrected chi connectivity index (χ1v) is 16.1. The Morgan fingerprint density at radius 2 is 1.67 bits per heavy atom. The molecular weight excluding hydrogens is 597 g/mol. The van der Waals surface area contributed by atoms with Crippen LogP contribution < -0.4 is 14.4 Å². The van der Waals surface area contributed by atoms with Crippen LogP contribution in [0.1, 0.15) is 44.6 Å². The van der Waals surface area contributed by atoms with Gasteiger partial charge in [-0.15, -0.1) is 0 Å². The van der Waals surface area contributed by atoms with Crippen LogP contribution in [0.25, 0.3) is 0 Å². The molecule has 1 N–H and O–H groups in total. The van der Waals surface area contributed by atoms with Gasteiger partial charge in [-0.05, 0) is 73.9 Å². The van der Waals surface area contributed by atoms with Gasteiger partial charge in [-0.3, -0.25) is 13.9 Å². The number of carbonyl (C=O) groups excluding carboxylic acids is 2. The van der Waals surface area contributed by atoms with Gasteiger partial charge < -0.3 is 15.0 Å². The van der Waals surface area contributed by atoms with Crippen LogP contribution in [-0.4, -0.2) is 50.9 Å². The maximum Gasteiger partial charge on any atom is 0.264 e. The van der Waals surface area contributed by atoms with Gasteiger partial charge in [0.25, 0.3) is 10.0 Å². The van der Waals surface area contributed by atoms with Crippen LogP contribution in [0.15, 0.2) is 77.7 Å². The third-order valence-electron chi connectivity index (χ3n) is 7.44. The van der Waals surface area contributed by atoms with Gasteiger partial charge in [0.05, 0.1) is 17.7 Å². The number of nitrogens with one attached hydrogen (secondary N) is 1. The van der Waals surface area contributed by atoms with Crippen LogP contribution in [-0.2, 0) is 26.2 Å². The minimum atomic E-state index is -4.23. The quantitative estimate of drug-likeness (QED) is 0.277. The van der Waals surface area contributed by atoms with E-state index in [0.717, 1.165) is 36.4 Å². The van der Waals surface area contributed by atoms with Crippen LogP contribution in [0.4, 0.5) is 5.69 Å². The third kappa shape index (κ3) is 7.76. The van der Waals surface area contributed by atoms with Crippen molar-refractivity contribution in [1.82, 2.24) is 10.2 Å². The fraction of sp³-hybridized carbons (Fsp3) is 0.355. The number of carbonyl (C=O) groups is 2. The fourth-order valence-corrected chi connectivity index (χ4v) is 6.78. The average molecular weight is 633 g/mol. The summed E-state index contributed by atoms with van der Waals surface area (Å²) >= 11 is 12.7. The van der Waals surface area contributed by atoms with Crippen molar-refractivity contribution in [2.24, 2.45) is 0 Å². The smallest absolute Gasteiger partial charge is 0.264 e. The van der Waals surface area contributed by atoms with Gasteiger partial charge in [0, 0.05) is 22.6 Å². The Morgan fingerprint density at radius 3 is 2.31 bits per heavy atom. The summed E-state index contributed by atoms with van der Waals surface area (Å²) in [4.78, 5) is 28.8. The molecular formula is C31H35Cl2N3O5S. The molecule has 0 heterocycles. The number of sulfonamides is 1. The summed E-state index contributed by atoms with van der Waals surface area (Å²) in [6.45, 7) is 1.10. The maximum absolute atomic E-state index is 14.1. The second-order valence-corrected chi connectivity index (χ2v) is 13.0. The van der Waals surface area contributed by atoms with Crippen LogP contribution in [0.2, 0.25) is 10.0 Å². The highest BCUT2D eigenvalue weighted by Gasteiger charge is 2.33. The number of anilines is 1. The Balaban J connectivity index is 1.68. The highest BCUT2D eigenvalue weighted by molar-refractivity contribution is 7.92. The molecule has 3 aromatic carbocycles. The van der Waals surface area contributed by atoms with E-state index in [2.05, 4.69) is 5.32 Å². The van der Waals surface area contributed by atoms with Crippen LogP contribution in [0.3, 0.4) is 0 Å². The molecule has 0 aliphatic heterocycles. The van der Waals surface area contributed by atoms with E-state index >= 15 is 0 Å². The molecule has 1 aliphatic rings. The first-order chi connectivity index (χ1) is 20.1.